The van der Waals surface area contributed by atoms with E-state index in [2.05, 4.69) is 10.9 Å². The molecule has 9 heteroatoms. The number of fused-ring (bicyclic) bond motifs is 1. The number of hydrogen-bond donors (Lipinski definition) is 0. The van der Waals surface area contributed by atoms with Crippen LogP contribution in [0.25, 0.3) is 10.2 Å². The molecular formula is C20H17N3O4S2. The Morgan fingerprint density at radius 1 is 1.34 bits per heavy atom. The van der Waals surface area contributed by atoms with Crippen LogP contribution in [-0.4, -0.2) is 28.3 Å². The monoisotopic (exact) mass is 427 g/mol. The standard InChI is InChI=1S/C20H17N3O4S2/c1-3-11-22-17-13-14(23(25)26)4-9-18(17)29-20(22)21-19(24)10-12-28-16-7-5-15(27-2)6-8-16/h1,4-9,13H,10-12H2,2H3. The first-order chi connectivity index (χ1) is 14.0. The molecule has 0 radical (unpaired) electrons. The van der Waals surface area contributed by atoms with E-state index in [9.17, 15) is 14.9 Å². The van der Waals surface area contributed by atoms with Crippen molar-refractivity contribution < 1.29 is 14.5 Å². The van der Waals surface area contributed by atoms with E-state index < -0.39 is 4.92 Å². The van der Waals surface area contributed by atoms with Crippen LogP contribution in [0.3, 0.4) is 0 Å². The lowest BCUT2D eigenvalue weighted by atomic mass is 10.3. The van der Waals surface area contributed by atoms with Crippen LogP contribution in [0.5, 0.6) is 5.75 Å². The second-order valence-corrected chi connectivity index (χ2v) is 8.04. The topological polar surface area (TPSA) is 86.7 Å². The summed E-state index contributed by atoms with van der Waals surface area (Å²) in [6.07, 6.45) is 5.70. The van der Waals surface area contributed by atoms with E-state index in [1.54, 1.807) is 29.5 Å². The first kappa shape index (κ1) is 20.6. The predicted molar refractivity (Wildman–Crippen MR) is 114 cm³/mol. The van der Waals surface area contributed by atoms with Gasteiger partial charge in [-0.3, -0.25) is 14.9 Å². The molecule has 0 unspecified atom stereocenters. The molecule has 1 heterocycles. The first-order valence-corrected chi connectivity index (χ1v) is 10.4. The minimum atomic E-state index is -0.463. The van der Waals surface area contributed by atoms with Crippen LogP contribution in [0.1, 0.15) is 6.42 Å². The van der Waals surface area contributed by atoms with Gasteiger partial charge in [0.15, 0.2) is 4.80 Å². The Morgan fingerprint density at radius 3 is 2.76 bits per heavy atom. The van der Waals surface area contributed by atoms with Gasteiger partial charge in [0.1, 0.15) is 5.75 Å². The van der Waals surface area contributed by atoms with Crippen molar-refractivity contribution in [3.63, 3.8) is 0 Å². The second-order valence-electron chi connectivity index (χ2n) is 5.86. The Hall–Kier alpha value is -3.09. The number of nitro benzene ring substituents is 1. The fourth-order valence-corrected chi connectivity index (χ4v) is 4.46. The maximum absolute atomic E-state index is 12.3. The summed E-state index contributed by atoms with van der Waals surface area (Å²) in [7, 11) is 1.61. The minimum Gasteiger partial charge on any atom is -0.497 e. The van der Waals surface area contributed by atoms with Crippen LogP contribution in [0.2, 0.25) is 0 Å². The molecule has 0 aliphatic heterocycles. The summed E-state index contributed by atoms with van der Waals surface area (Å²) in [5.41, 5.74) is 0.566. The molecular weight excluding hydrogens is 410 g/mol. The van der Waals surface area contributed by atoms with E-state index in [1.807, 2.05) is 24.3 Å². The summed E-state index contributed by atoms with van der Waals surface area (Å²) in [5.74, 6) is 3.61. The Balaban J connectivity index is 1.77. The van der Waals surface area contributed by atoms with Gasteiger partial charge in [0.05, 0.1) is 28.8 Å². The molecule has 7 nitrogen and oxygen atoms in total. The van der Waals surface area contributed by atoms with Gasteiger partial charge < -0.3 is 9.30 Å². The number of rotatable bonds is 7. The average Bonchev–Trinajstić information content (AvgIpc) is 3.05. The number of nitrogens with zero attached hydrogens (tertiary/aromatic N) is 3. The molecule has 29 heavy (non-hydrogen) atoms. The summed E-state index contributed by atoms with van der Waals surface area (Å²) in [6.45, 7) is 0.174. The van der Waals surface area contributed by atoms with E-state index in [4.69, 9.17) is 11.2 Å². The lowest BCUT2D eigenvalue weighted by Crippen LogP contribution is -2.16. The van der Waals surface area contributed by atoms with Crippen LogP contribution >= 0.6 is 23.1 Å². The maximum Gasteiger partial charge on any atom is 0.271 e. The molecule has 2 aromatic carbocycles. The van der Waals surface area contributed by atoms with Gasteiger partial charge in [0, 0.05) is 29.2 Å². The number of carbonyl (C=O) groups is 1. The number of non-ortho nitro benzene ring substituents is 1. The number of ether oxygens (including phenoxy) is 1. The lowest BCUT2D eigenvalue weighted by Gasteiger charge is -2.02. The number of thiazole rings is 1. The summed E-state index contributed by atoms with van der Waals surface area (Å²) in [4.78, 5) is 28.6. The molecule has 0 aliphatic rings. The fourth-order valence-electron chi connectivity index (χ4n) is 2.59. The normalized spacial score (nSPS) is 11.4. The molecule has 0 bridgehead atoms. The van der Waals surface area contributed by atoms with E-state index in [0.29, 0.717) is 16.1 Å². The zero-order valence-electron chi connectivity index (χ0n) is 15.5. The number of hydrogen-bond acceptors (Lipinski definition) is 6. The highest BCUT2D eigenvalue weighted by Gasteiger charge is 2.12. The minimum absolute atomic E-state index is 0.0326. The molecule has 3 rings (SSSR count). The summed E-state index contributed by atoms with van der Waals surface area (Å²) >= 11 is 2.84. The van der Waals surface area contributed by atoms with Crippen molar-refractivity contribution in [1.82, 2.24) is 4.57 Å². The van der Waals surface area contributed by atoms with Crippen molar-refractivity contribution in [3.05, 3.63) is 57.4 Å². The number of aromatic nitrogens is 1. The third kappa shape index (κ3) is 5.04. The molecule has 0 saturated heterocycles. The SMILES string of the molecule is C#CCn1c(=NC(=O)CCSc2ccc(OC)cc2)sc2ccc([N+](=O)[O-])cc21. The molecule has 148 valence electrons. The molecule has 1 aromatic heterocycles. The Kier molecular flexibility index (Phi) is 6.69. The molecule has 0 saturated carbocycles. The molecule has 0 atom stereocenters. The van der Waals surface area contributed by atoms with Gasteiger partial charge in [0.2, 0.25) is 5.91 Å². The van der Waals surface area contributed by atoms with E-state index >= 15 is 0 Å². The Bertz CT molecular complexity index is 1160. The van der Waals surface area contributed by atoms with Crippen LogP contribution in [0.15, 0.2) is 52.4 Å². The van der Waals surface area contributed by atoms with Gasteiger partial charge in [-0.1, -0.05) is 17.3 Å². The van der Waals surface area contributed by atoms with Crippen molar-refractivity contribution >= 4 is 44.9 Å². The highest BCUT2D eigenvalue weighted by atomic mass is 32.2. The van der Waals surface area contributed by atoms with Gasteiger partial charge >= 0.3 is 0 Å². The number of methoxy groups -OCH3 is 1. The van der Waals surface area contributed by atoms with Crippen LogP contribution in [0, 0.1) is 22.5 Å². The van der Waals surface area contributed by atoms with Gasteiger partial charge in [0.25, 0.3) is 5.69 Å². The van der Waals surface area contributed by atoms with E-state index in [0.717, 1.165) is 15.3 Å². The van der Waals surface area contributed by atoms with Gasteiger partial charge in [-0.25, -0.2) is 0 Å². The molecule has 0 fully saturated rings. The summed E-state index contributed by atoms with van der Waals surface area (Å²) < 4.78 is 7.56. The fraction of sp³-hybridized carbons (Fsp3) is 0.200. The number of amides is 1. The number of terminal acetylenes is 1. The maximum atomic E-state index is 12.3. The largest absolute Gasteiger partial charge is 0.497 e. The van der Waals surface area contributed by atoms with Gasteiger partial charge in [-0.2, -0.15) is 4.99 Å². The average molecular weight is 428 g/mol. The number of carbonyl (C=O) groups excluding carboxylic acids is 1. The van der Waals surface area contributed by atoms with Crippen LogP contribution < -0.4 is 9.54 Å². The molecule has 1 amide bonds. The number of thioether (sulfide) groups is 1. The smallest absolute Gasteiger partial charge is 0.271 e. The van der Waals surface area contributed by atoms with Crippen molar-refractivity contribution in [2.75, 3.05) is 12.9 Å². The van der Waals surface area contributed by atoms with E-state index in [-0.39, 0.29) is 24.6 Å². The highest BCUT2D eigenvalue weighted by Crippen LogP contribution is 2.24. The predicted octanol–water partition coefficient (Wildman–Crippen LogP) is 3.86. The molecule has 0 aliphatic carbocycles. The number of nitro groups is 1. The van der Waals surface area contributed by atoms with Crippen molar-refractivity contribution in [2.45, 2.75) is 17.9 Å². The van der Waals surface area contributed by atoms with Gasteiger partial charge in [-0.05, 0) is 30.3 Å². The zero-order chi connectivity index (χ0) is 20.8. The highest BCUT2D eigenvalue weighted by molar-refractivity contribution is 7.99. The first-order valence-electron chi connectivity index (χ1n) is 8.57. The van der Waals surface area contributed by atoms with Crippen LogP contribution in [-0.2, 0) is 11.3 Å². The van der Waals surface area contributed by atoms with Crippen LogP contribution in [0.4, 0.5) is 5.69 Å². The summed E-state index contributed by atoms with van der Waals surface area (Å²) in [5, 5.41) is 11.0. The lowest BCUT2D eigenvalue weighted by molar-refractivity contribution is -0.384. The number of benzene rings is 2. The molecule has 3 aromatic rings. The Morgan fingerprint density at radius 2 is 2.10 bits per heavy atom. The zero-order valence-corrected chi connectivity index (χ0v) is 17.2. The molecule has 0 spiro atoms. The van der Waals surface area contributed by atoms with Crippen molar-refractivity contribution in [3.8, 4) is 18.1 Å². The van der Waals surface area contributed by atoms with Gasteiger partial charge in [-0.15, -0.1) is 18.2 Å². The van der Waals surface area contributed by atoms with Crippen molar-refractivity contribution in [2.24, 2.45) is 4.99 Å². The second kappa shape index (κ2) is 9.41. The van der Waals surface area contributed by atoms with E-state index in [1.165, 1.54) is 23.5 Å². The third-order valence-electron chi connectivity index (χ3n) is 3.99. The van der Waals surface area contributed by atoms with Crippen molar-refractivity contribution in [1.29, 1.82) is 0 Å². The third-order valence-corrected chi connectivity index (χ3v) is 6.06. The molecule has 0 N–H and O–H groups in total. The summed E-state index contributed by atoms with van der Waals surface area (Å²) in [6, 6.07) is 12.1. The Labute approximate surface area is 175 Å². The quantitative estimate of drug-likeness (QED) is 0.247.